The van der Waals surface area contributed by atoms with E-state index >= 15 is 0 Å². The summed E-state index contributed by atoms with van der Waals surface area (Å²) in [6.45, 7) is 4.69. The van der Waals surface area contributed by atoms with Gasteiger partial charge in [-0.1, -0.05) is 24.3 Å². The molecule has 0 unspecified atom stereocenters. The predicted molar refractivity (Wildman–Crippen MR) is 93.0 cm³/mol. The second kappa shape index (κ2) is 5.90. The Hall–Kier alpha value is -1.58. The molecule has 3 heteroatoms. The van der Waals surface area contributed by atoms with Crippen molar-refractivity contribution in [1.29, 1.82) is 0 Å². The summed E-state index contributed by atoms with van der Waals surface area (Å²) in [5, 5.41) is 4.86. The number of rotatable bonds is 2. The van der Waals surface area contributed by atoms with Crippen LogP contribution in [0.1, 0.15) is 24.8 Å². The number of hydrogen-bond donors (Lipinski definition) is 1. The highest BCUT2D eigenvalue weighted by molar-refractivity contribution is 5.93. The largest absolute Gasteiger partial charge is 0.350 e. The topological polar surface area (TPSA) is 20.2 Å². The summed E-state index contributed by atoms with van der Waals surface area (Å²) in [4.78, 5) is 2.68. The quantitative estimate of drug-likeness (QED) is 0.919. The number of piperidine rings is 1. The van der Waals surface area contributed by atoms with Crippen LogP contribution in [0.2, 0.25) is 0 Å². The molecule has 1 aromatic carbocycles. The van der Waals surface area contributed by atoms with Gasteiger partial charge in [0.25, 0.3) is 0 Å². The fourth-order valence-corrected chi connectivity index (χ4v) is 4.03. The Morgan fingerprint density at radius 1 is 1.14 bits per heavy atom. The number of fused-ring (bicyclic) bond motifs is 1. The molecule has 1 N–H and O–H groups in total. The van der Waals surface area contributed by atoms with Crippen LogP contribution >= 0.6 is 0 Å². The number of hydrogen-bond acceptors (Lipinski definition) is 2. The zero-order chi connectivity index (χ0) is 14.9. The molecule has 3 nitrogen and oxygen atoms in total. The molecular formula is C19H25N3. The second-order valence-corrected chi connectivity index (χ2v) is 6.63. The Morgan fingerprint density at radius 2 is 1.95 bits per heavy atom. The standard InChI is InChI=1S/C19H25N3/c1-21-14-18(17-4-2-3-5-19(17)21)15-8-12-22(13-9-15)16-6-10-20-11-7-16/h2-5,8,14,16,20H,6-7,9-13H2,1H3. The fourth-order valence-electron chi connectivity index (χ4n) is 4.03. The van der Waals surface area contributed by atoms with Crippen molar-refractivity contribution < 1.29 is 0 Å². The highest BCUT2D eigenvalue weighted by atomic mass is 15.2. The number of nitrogens with zero attached hydrogens (tertiary/aromatic N) is 2. The first-order valence-corrected chi connectivity index (χ1v) is 8.51. The lowest BCUT2D eigenvalue weighted by atomic mass is 9.96. The maximum atomic E-state index is 3.47. The number of aryl methyl sites for hydroxylation is 1. The van der Waals surface area contributed by atoms with Gasteiger partial charge in [0.2, 0.25) is 0 Å². The van der Waals surface area contributed by atoms with E-state index in [0.717, 1.165) is 12.6 Å². The molecule has 2 aromatic rings. The van der Waals surface area contributed by atoms with Gasteiger partial charge in [-0.15, -0.1) is 0 Å². The molecule has 0 bridgehead atoms. The average molecular weight is 295 g/mol. The van der Waals surface area contributed by atoms with Gasteiger partial charge in [0.05, 0.1) is 0 Å². The third-order valence-electron chi connectivity index (χ3n) is 5.31. The highest BCUT2D eigenvalue weighted by Crippen LogP contribution is 2.31. The van der Waals surface area contributed by atoms with E-state index in [2.05, 4.69) is 58.4 Å². The van der Waals surface area contributed by atoms with E-state index in [1.165, 1.54) is 60.9 Å². The molecule has 2 aliphatic heterocycles. The number of nitrogens with one attached hydrogen (secondary N) is 1. The molecule has 116 valence electrons. The zero-order valence-electron chi connectivity index (χ0n) is 13.4. The summed E-state index contributed by atoms with van der Waals surface area (Å²) in [6.07, 6.45) is 8.55. The molecule has 1 saturated heterocycles. The number of benzene rings is 1. The monoisotopic (exact) mass is 295 g/mol. The smallest absolute Gasteiger partial charge is 0.0484 e. The molecule has 0 amide bonds. The molecule has 1 fully saturated rings. The molecule has 0 atom stereocenters. The molecule has 4 rings (SSSR count). The summed E-state index contributed by atoms with van der Waals surface area (Å²) < 4.78 is 2.25. The summed E-state index contributed by atoms with van der Waals surface area (Å²) in [6, 6.07) is 9.52. The lowest BCUT2D eigenvalue weighted by Crippen LogP contribution is -2.44. The van der Waals surface area contributed by atoms with Crippen molar-refractivity contribution in [2.75, 3.05) is 26.2 Å². The van der Waals surface area contributed by atoms with Crippen LogP contribution < -0.4 is 5.32 Å². The maximum Gasteiger partial charge on any atom is 0.0484 e. The van der Waals surface area contributed by atoms with Crippen LogP contribution in [-0.4, -0.2) is 41.7 Å². The molecular weight excluding hydrogens is 270 g/mol. The van der Waals surface area contributed by atoms with Crippen molar-refractivity contribution in [3.05, 3.63) is 42.1 Å². The third kappa shape index (κ3) is 2.49. The molecule has 0 aliphatic carbocycles. The van der Waals surface area contributed by atoms with Crippen molar-refractivity contribution in [2.24, 2.45) is 7.05 Å². The van der Waals surface area contributed by atoms with Crippen LogP contribution in [0.5, 0.6) is 0 Å². The average Bonchev–Trinajstić information content (AvgIpc) is 2.93. The molecule has 2 aliphatic rings. The Morgan fingerprint density at radius 3 is 2.73 bits per heavy atom. The van der Waals surface area contributed by atoms with E-state index in [1.807, 2.05) is 0 Å². The minimum atomic E-state index is 0.784. The van der Waals surface area contributed by atoms with E-state index in [-0.39, 0.29) is 0 Å². The predicted octanol–water partition coefficient (Wildman–Crippen LogP) is 3.02. The first-order valence-electron chi connectivity index (χ1n) is 8.51. The molecule has 22 heavy (non-hydrogen) atoms. The van der Waals surface area contributed by atoms with E-state index in [4.69, 9.17) is 0 Å². The Balaban J connectivity index is 1.57. The van der Waals surface area contributed by atoms with Crippen LogP contribution in [0.4, 0.5) is 0 Å². The summed E-state index contributed by atoms with van der Waals surface area (Å²) in [5.74, 6) is 0. The highest BCUT2D eigenvalue weighted by Gasteiger charge is 2.23. The summed E-state index contributed by atoms with van der Waals surface area (Å²) in [5.41, 5.74) is 4.30. The molecule has 0 saturated carbocycles. The van der Waals surface area contributed by atoms with Gasteiger partial charge in [0.1, 0.15) is 0 Å². The van der Waals surface area contributed by atoms with Gasteiger partial charge in [-0.05, 0) is 44.0 Å². The second-order valence-electron chi connectivity index (χ2n) is 6.63. The van der Waals surface area contributed by atoms with Crippen molar-refractivity contribution in [3.8, 4) is 0 Å². The minimum Gasteiger partial charge on any atom is -0.350 e. The number of para-hydroxylation sites is 1. The van der Waals surface area contributed by atoms with E-state index in [9.17, 15) is 0 Å². The van der Waals surface area contributed by atoms with E-state index in [1.54, 1.807) is 0 Å². The van der Waals surface area contributed by atoms with Gasteiger partial charge in [-0.25, -0.2) is 0 Å². The number of aromatic nitrogens is 1. The summed E-state index contributed by atoms with van der Waals surface area (Å²) in [7, 11) is 2.15. The summed E-state index contributed by atoms with van der Waals surface area (Å²) >= 11 is 0. The van der Waals surface area contributed by atoms with Crippen LogP contribution in [-0.2, 0) is 7.05 Å². The SMILES string of the molecule is Cn1cc(C2=CCN(C3CCNCC3)CC2)c2ccccc21. The van der Waals surface area contributed by atoms with Crippen LogP contribution in [0.3, 0.4) is 0 Å². The minimum absolute atomic E-state index is 0.784. The molecule has 0 radical (unpaired) electrons. The van der Waals surface area contributed by atoms with Gasteiger partial charge >= 0.3 is 0 Å². The fraction of sp³-hybridized carbons (Fsp3) is 0.474. The van der Waals surface area contributed by atoms with Gasteiger partial charge < -0.3 is 9.88 Å². The van der Waals surface area contributed by atoms with Crippen molar-refractivity contribution in [2.45, 2.75) is 25.3 Å². The van der Waals surface area contributed by atoms with E-state index < -0.39 is 0 Å². The zero-order valence-corrected chi connectivity index (χ0v) is 13.4. The van der Waals surface area contributed by atoms with Gasteiger partial charge in [-0.2, -0.15) is 0 Å². The van der Waals surface area contributed by atoms with Crippen molar-refractivity contribution in [1.82, 2.24) is 14.8 Å². The van der Waals surface area contributed by atoms with Gasteiger partial charge in [0.15, 0.2) is 0 Å². The van der Waals surface area contributed by atoms with Gasteiger partial charge in [0, 0.05) is 48.8 Å². The first kappa shape index (κ1) is 14.0. The van der Waals surface area contributed by atoms with Crippen LogP contribution in [0.25, 0.3) is 16.5 Å². The first-order chi connectivity index (χ1) is 10.8. The van der Waals surface area contributed by atoms with Gasteiger partial charge in [-0.3, -0.25) is 4.90 Å². The van der Waals surface area contributed by atoms with Crippen LogP contribution in [0.15, 0.2) is 36.5 Å². The van der Waals surface area contributed by atoms with Crippen LogP contribution in [0, 0.1) is 0 Å². The molecule has 3 heterocycles. The normalized spacial score (nSPS) is 21.2. The maximum absolute atomic E-state index is 3.47. The Kier molecular flexibility index (Phi) is 3.77. The lowest BCUT2D eigenvalue weighted by molar-refractivity contribution is 0.178. The molecule has 0 spiro atoms. The van der Waals surface area contributed by atoms with Crippen molar-refractivity contribution >= 4 is 16.5 Å². The van der Waals surface area contributed by atoms with Crippen molar-refractivity contribution in [3.63, 3.8) is 0 Å². The Labute approximate surface area is 132 Å². The van der Waals surface area contributed by atoms with E-state index in [0.29, 0.717) is 0 Å². The molecule has 1 aromatic heterocycles. The third-order valence-corrected chi connectivity index (χ3v) is 5.31. The Bertz CT molecular complexity index is 692. The lowest BCUT2D eigenvalue weighted by Gasteiger charge is -2.36.